The molecule has 1 saturated carbocycles. The highest BCUT2D eigenvalue weighted by Gasteiger charge is 2.31. The molecule has 0 aromatic heterocycles. The van der Waals surface area contributed by atoms with E-state index in [-0.39, 0.29) is 0 Å². The Labute approximate surface area is 77.9 Å². The van der Waals surface area contributed by atoms with Gasteiger partial charge < -0.3 is 5.11 Å². The molecule has 1 aromatic carbocycles. The van der Waals surface area contributed by atoms with Crippen LogP contribution in [-0.2, 0) is 0 Å². The summed E-state index contributed by atoms with van der Waals surface area (Å²) in [6.07, 6.45) is 2.95. The monoisotopic (exact) mass is 175 g/mol. The molecule has 68 valence electrons. The van der Waals surface area contributed by atoms with Crippen molar-refractivity contribution in [3.05, 3.63) is 29.8 Å². The third-order valence-corrected chi connectivity index (χ3v) is 2.41. The Morgan fingerprint density at radius 2 is 2.15 bits per heavy atom. The summed E-state index contributed by atoms with van der Waals surface area (Å²) >= 11 is 0. The molecule has 0 aliphatic heterocycles. The molecule has 2 nitrogen and oxygen atoms in total. The van der Waals surface area contributed by atoms with Gasteiger partial charge in [-0.25, -0.2) is 0 Å². The Morgan fingerprint density at radius 3 is 2.77 bits per heavy atom. The minimum Gasteiger partial charge on any atom is -0.507 e. The smallest absolute Gasteiger partial charge is 0.124 e. The number of phenolic OH excluding ortho intramolecular Hbond substituents is 1. The van der Waals surface area contributed by atoms with Crippen LogP contribution in [0, 0.1) is 5.92 Å². The number of para-hydroxylation sites is 1. The lowest BCUT2D eigenvalue weighted by Gasteiger charge is -1.95. The van der Waals surface area contributed by atoms with Gasteiger partial charge in [-0.2, -0.15) is 0 Å². The number of nitrogens with zero attached hydrogens (tertiary/aromatic N) is 1. The second-order valence-corrected chi connectivity index (χ2v) is 3.62. The Bertz CT molecular complexity index is 333. The standard InChI is InChI=1S/C11H13NO/c1-8-6-10(8)12-7-9-4-2-3-5-11(9)13/h2-5,7-8,10,13H,6H2,1H3/t8-,10-/m1/s1. The molecule has 1 aliphatic rings. The first kappa shape index (κ1) is 8.30. The average Bonchev–Trinajstić information content (AvgIpc) is 2.81. The molecule has 2 atom stereocenters. The van der Waals surface area contributed by atoms with E-state index in [0.717, 1.165) is 11.5 Å². The summed E-state index contributed by atoms with van der Waals surface area (Å²) in [5.74, 6) is 1.03. The highest BCUT2D eigenvalue weighted by atomic mass is 16.3. The number of hydrogen-bond acceptors (Lipinski definition) is 2. The molecule has 2 heteroatoms. The van der Waals surface area contributed by atoms with E-state index in [9.17, 15) is 5.11 Å². The Balaban J connectivity index is 2.09. The van der Waals surface area contributed by atoms with E-state index in [4.69, 9.17) is 0 Å². The molecule has 0 bridgehead atoms. The molecular weight excluding hydrogens is 162 g/mol. The van der Waals surface area contributed by atoms with Gasteiger partial charge in [0.1, 0.15) is 5.75 Å². The summed E-state index contributed by atoms with van der Waals surface area (Å²) in [7, 11) is 0. The van der Waals surface area contributed by atoms with Crippen LogP contribution < -0.4 is 0 Å². The molecular formula is C11H13NO. The van der Waals surface area contributed by atoms with Crippen LogP contribution in [0.1, 0.15) is 18.9 Å². The van der Waals surface area contributed by atoms with Crippen LogP contribution in [-0.4, -0.2) is 17.4 Å². The lowest BCUT2D eigenvalue weighted by atomic mass is 10.2. The van der Waals surface area contributed by atoms with Gasteiger partial charge in [0, 0.05) is 11.8 Å². The fraction of sp³-hybridized carbons (Fsp3) is 0.364. The van der Waals surface area contributed by atoms with Gasteiger partial charge in [-0.3, -0.25) is 4.99 Å². The maximum absolute atomic E-state index is 9.42. The van der Waals surface area contributed by atoms with Crippen LogP contribution in [0.4, 0.5) is 0 Å². The molecule has 0 spiro atoms. The zero-order chi connectivity index (χ0) is 9.26. The molecule has 1 aromatic rings. The molecule has 0 unspecified atom stereocenters. The molecule has 0 saturated heterocycles. The van der Waals surface area contributed by atoms with Gasteiger partial charge in [0.15, 0.2) is 0 Å². The van der Waals surface area contributed by atoms with Gasteiger partial charge >= 0.3 is 0 Å². The maximum Gasteiger partial charge on any atom is 0.124 e. The number of benzene rings is 1. The molecule has 2 rings (SSSR count). The van der Waals surface area contributed by atoms with E-state index in [1.54, 1.807) is 12.3 Å². The number of phenols is 1. The van der Waals surface area contributed by atoms with Crippen LogP contribution in [0.25, 0.3) is 0 Å². The predicted molar refractivity (Wildman–Crippen MR) is 53.3 cm³/mol. The van der Waals surface area contributed by atoms with Crippen molar-refractivity contribution in [3.8, 4) is 5.75 Å². The lowest BCUT2D eigenvalue weighted by Crippen LogP contribution is -1.85. The molecule has 1 N–H and O–H groups in total. The van der Waals surface area contributed by atoms with E-state index in [0.29, 0.717) is 11.8 Å². The third-order valence-electron chi connectivity index (χ3n) is 2.41. The zero-order valence-corrected chi connectivity index (χ0v) is 7.64. The number of hydrogen-bond donors (Lipinski definition) is 1. The quantitative estimate of drug-likeness (QED) is 0.687. The molecule has 1 aliphatic carbocycles. The van der Waals surface area contributed by atoms with Crippen LogP contribution in [0.15, 0.2) is 29.3 Å². The van der Waals surface area contributed by atoms with Crippen LogP contribution >= 0.6 is 0 Å². The van der Waals surface area contributed by atoms with Crippen LogP contribution in [0.3, 0.4) is 0 Å². The summed E-state index contributed by atoms with van der Waals surface area (Å²) in [4.78, 5) is 4.36. The number of aromatic hydroxyl groups is 1. The highest BCUT2D eigenvalue weighted by Crippen LogP contribution is 2.32. The lowest BCUT2D eigenvalue weighted by molar-refractivity contribution is 0.474. The van der Waals surface area contributed by atoms with Gasteiger partial charge in [0.25, 0.3) is 0 Å². The van der Waals surface area contributed by atoms with E-state index in [1.807, 2.05) is 18.2 Å². The van der Waals surface area contributed by atoms with Crippen LogP contribution in [0.2, 0.25) is 0 Å². The summed E-state index contributed by atoms with van der Waals surface area (Å²) in [5.41, 5.74) is 0.807. The largest absolute Gasteiger partial charge is 0.507 e. The van der Waals surface area contributed by atoms with Crippen molar-refractivity contribution < 1.29 is 5.11 Å². The minimum atomic E-state index is 0.305. The second kappa shape index (κ2) is 3.21. The molecule has 0 amide bonds. The maximum atomic E-state index is 9.42. The Morgan fingerprint density at radius 1 is 1.46 bits per heavy atom. The van der Waals surface area contributed by atoms with E-state index in [2.05, 4.69) is 11.9 Å². The van der Waals surface area contributed by atoms with Gasteiger partial charge in [-0.15, -0.1) is 0 Å². The highest BCUT2D eigenvalue weighted by molar-refractivity contribution is 5.83. The summed E-state index contributed by atoms with van der Waals surface area (Å²) in [6.45, 7) is 2.19. The van der Waals surface area contributed by atoms with E-state index >= 15 is 0 Å². The first-order valence-corrected chi connectivity index (χ1v) is 4.58. The molecule has 0 heterocycles. The van der Waals surface area contributed by atoms with E-state index in [1.165, 1.54) is 6.42 Å². The summed E-state index contributed by atoms with van der Waals surface area (Å²) < 4.78 is 0. The first-order valence-electron chi connectivity index (χ1n) is 4.58. The van der Waals surface area contributed by atoms with Crippen molar-refractivity contribution in [2.75, 3.05) is 0 Å². The van der Waals surface area contributed by atoms with Crippen molar-refractivity contribution in [3.63, 3.8) is 0 Å². The van der Waals surface area contributed by atoms with Gasteiger partial charge in [-0.1, -0.05) is 19.1 Å². The molecule has 1 fully saturated rings. The van der Waals surface area contributed by atoms with Crippen molar-refractivity contribution >= 4 is 6.21 Å². The molecule has 13 heavy (non-hydrogen) atoms. The minimum absolute atomic E-state index is 0.305. The number of rotatable bonds is 2. The average molecular weight is 175 g/mol. The van der Waals surface area contributed by atoms with Crippen molar-refractivity contribution in [2.24, 2.45) is 10.9 Å². The van der Waals surface area contributed by atoms with Crippen molar-refractivity contribution in [2.45, 2.75) is 19.4 Å². The number of aliphatic imine (C=N–C) groups is 1. The zero-order valence-electron chi connectivity index (χ0n) is 7.64. The second-order valence-electron chi connectivity index (χ2n) is 3.62. The molecule has 0 radical (unpaired) electrons. The normalized spacial score (nSPS) is 26.5. The van der Waals surface area contributed by atoms with Crippen LogP contribution in [0.5, 0.6) is 5.75 Å². The Kier molecular flexibility index (Phi) is 2.05. The first-order chi connectivity index (χ1) is 6.27. The topological polar surface area (TPSA) is 32.6 Å². The Hall–Kier alpha value is -1.31. The fourth-order valence-electron chi connectivity index (χ4n) is 1.28. The van der Waals surface area contributed by atoms with Crippen molar-refractivity contribution in [1.82, 2.24) is 0 Å². The van der Waals surface area contributed by atoms with E-state index < -0.39 is 0 Å². The SMILES string of the molecule is C[C@@H]1C[C@H]1N=Cc1ccccc1O. The van der Waals surface area contributed by atoms with Gasteiger partial charge in [-0.05, 0) is 24.5 Å². The van der Waals surface area contributed by atoms with Gasteiger partial charge in [0.2, 0.25) is 0 Å². The third kappa shape index (κ3) is 1.89. The van der Waals surface area contributed by atoms with Gasteiger partial charge in [0.05, 0.1) is 6.04 Å². The summed E-state index contributed by atoms with van der Waals surface area (Å²) in [5, 5.41) is 9.42. The fourth-order valence-corrected chi connectivity index (χ4v) is 1.28. The van der Waals surface area contributed by atoms with Crippen molar-refractivity contribution in [1.29, 1.82) is 0 Å². The summed E-state index contributed by atoms with van der Waals surface area (Å²) in [6, 6.07) is 7.74. The predicted octanol–water partition coefficient (Wildman–Crippen LogP) is 2.22.